The van der Waals surface area contributed by atoms with Crippen molar-refractivity contribution in [1.29, 1.82) is 0 Å². The first-order valence-corrected chi connectivity index (χ1v) is 24.6. The van der Waals surface area contributed by atoms with Crippen LogP contribution in [-0.4, -0.2) is 49.3 Å². The van der Waals surface area contributed by atoms with Gasteiger partial charge in [-0.05, 0) is 77.0 Å². The Kier molecular flexibility index (Phi) is 42.0. The van der Waals surface area contributed by atoms with E-state index in [1.165, 1.54) is 116 Å². The summed E-state index contributed by atoms with van der Waals surface area (Å²) in [5, 5.41) is 0. The molecule has 2 atom stereocenters. The zero-order chi connectivity index (χ0) is 41.8. The smallest absolute Gasteiger partial charge is 0.462 e. The van der Waals surface area contributed by atoms with Crippen LogP contribution in [0.4, 0.5) is 0 Å². The number of allylic oxidation sites excluding steroid dienone is 8. The normalized spacial score (nSPS) is 13.7. The van der Waals surface area contributed by atoms with Crippen LogP contribution in [-0.2, 0) is 32.7 Å². The van der Waals surface area contributed by atoms with Crippen LogP contribution in [0.1, 0.15) is 206 Å². The topological polar surface area (TPSA) is 134 Å². The molecule has 0 aromatic carbocycles. The minimum atomic E-state index is -4.39. The van der Waals surface area contributed by atoms with Crippen LogP contribution in [0.2, 0.25) is 0 Å². The van der Waals surface area contributed by atoms with Crippen molar-refractivity contribution in [1.82, 2.24) is 0 Å². The number of rotatable bonds is 43. The SMILES string of the molecule is CCCCC/C=C\C/C=C\C/C=C\CCCCC(=O)OC[C@H](COP(=O)(O)OCCN)OC(=O)CCCCCCCCCCCCC/C=C\CCCCCCCC. The number of unbranched alkanes of at least 4 members (excludes halogenated alkanes) is 22. The molecule has 0 aliphatic carbocycles. The van der Waals surface area contributed by atoms with Gasteiger partial charge in [0, 0.05) is 19.4 Å². The van der Waals surface area contributed by atoms with Crippen molar-refractivity contribution < 1.29 is 37.6 Å². The van der Waals surface area contributed by atoms with Crippen LogP contribution in [0.3, 0.4) is 0 Å². The van der Waals surface area contributed by atoms with Crippen LogP contribution >= 0.6 is 7.82 Å². The predicted molar refractivity (Wildman–Crippen MR) is 238 cm³/mol. The second kappa shape index (κ2) is 43.5. The van der Waals surface area contributed by atoms with Crippen molar-refractivity contribution >= 4 is 19.8 Å². The zero-order valence-corrected chi connectivity index (χ0v) is 37.5. The number of esters is 2. The molecule has 0 aromatic rings. The highest BCUT2D eigenvalue weighted by Crippen LogP contribution is 2.43. The maximum Gasteiger partial charge on any atom is 0.472 e. The Balaban J connectivity index is 4.14. The van der Waals surface area contributed by atoms with Crippen molar-refractivity contribution in [3.8, 4) is 0 Å². The predicted octanol–water partition coefficient (Wildman–Crippen LogP) is 13.5. The Labute approximate surface area is 349 Å². The standard InChI is InChI=1S/C47H86NO8P/c1-3-5-7-9-11-13-15-17-19-20-21-22-23-24-26-28-30-32-34-36-38-40-47(50)56-45(44-55-57(51,52)54-42-41-48)43-53-46(49)39-37-35-33-31-29-27-25-18-16-14-12-10-8-6-4-2/h12,14,17-19,25,29,31,45H,3-11,13,15-16,20-24,26-28,30,32-44,48H2,1-2H3,(H,51,52)/b14-12-,19-17-,25-18-,31-29-/t45-/m1/s1. The Morgan fingerprint density at radius 1 is 0.526 bits per heavy atom. The van der Waals surface area contributed by atoms with Crippen LogP contribution in [0, 0.1) is 0 Å². The lowest BCUT2D eigenvalue weighted by molar-refractivity contribution is -0.161. The lowest BCUT2D eigenvalue weighted by Gasteiger charge is -2.19. The summed E-state index contributed by atoms with van der Waals surface area (Å²) in [6.45, 7) is 3.66. The van der Waals surface area contributed by atoms with E-state index in [1.807, 2.05) is 0 Å². The molecule has 0 bridgehead atoms. The first-order chi connectivity index (χ1) is 27.8. The van der Waals surface area contributed by atoms with Crippen molar-refractivity contribution in [3.63, 3.8) is 0 Å². The van der Waals surface area contributed by atoms with E-state index in [0.29, 0.717) is 12.8 Å². The minimum Gasteiger partial charge on any atom is -0.462 e. The maximum absolute atomic E-state index is 12.6. The molecule has 10 heteroatoms. The molecule has 0 spiro atoms. The van der Waals surface area contributed by atoms with E-state index in [9.17, 15) is 19.0 Å². The van der Waals surface area contributed by atoms with Gasteiger partial charge in [0.05, 0.1) is 13.2 Å². The second-order valence-corrected chi connectivity index (χ2v) is 16.7. The maximum atomic E-state index is 12.6. The quantitative estimate of drug-likeness (QED) is 0.0267. The number of phosphoric acid groups is 1. The number of carbonyl (C=O) groups is 2. The molecule has 0 amide bonds. The van der Waals surface area contributed by atoms with E-state index in [4.69, 9.17) is 24.3 Å². The second-order valence-electron chi connectivity index (χ2n) is 15.3. The third kappa shape index (κ3) is 43.4. The van der Waals surface area contributed by atoms with Crippen LogP contribution < -0.4 is 5.73 Å². The molecule has 1 unspecified atom stereocenters. The van der Waals surface area contributed by atoms with Crippen molar-refractivity contribution in [2.45, 2.75) is 213 Å². The molecule has 0 saturated heterocycles. The molecule has 3 N–H and O–H groups in total. The first kappa shape index (κ1) is 55.0. The van der Waals surface area contributed by atoms with Gasteiger partial charge in [0.1, 0.15) is 6.61 Å². The van der Waals surface area contributed by atoms with Gasteiger partial charge in [-0.25, -0.2) is 4.57 Å². The van der Waals surface area contributed by atoms with E-state index in [0.717, 1.165) is 51.4 Å². The molecule has 57 heavy (non-hydrogen) atoms. The van der Waals surface area contributed by atoms with E-state index >= 15 is 0 Å². The summed E-state index contributed by atoms with van der Waals surface area (Å²) in [6, 6.07) is 0. The average molecular weight is 824 g/mol. The lowest BCUT2D eigenvalue weighted by atomic mass is 10.0. The molecule has 0 aromatic heterocycles. The largest absolute Gasteiger partial charge is 0.472 e. The van der Waals surface area contributed by atoms with E-state index in [-0.39, 0.29) is 32.6 Å². The van der Waals surface area contributed by atoms with E-state index in [2.05, 4.69) is 62.5 Å². The van der Waals surface area contributed by atoms with Gasteiger partial charge in [-0.1, -0.05) is 165 Å². The van der Waals surface area contributed by atoms with Gasteiger partial charge in [-0.3, -0.25) is 18.6 Å². The highest BCUT2D eigenvalue weighted by Gasteiger charge is 2.26. The minimum absolute atomic E-state index is 0.0472. The molecule has 332 valence electrons. The summed E-state index contributed by atoms with van der Waals surface area (Å²) < 4.78 is 32.8. The van der Waals surface area contributed by atoms with Crippen LogP contribution in [0.25, 0.3) is 0 Å². The van der Waals surface area contributed by atoms with Gasteiger partial charge in [-0.2, -0.15) is 0 Å². The Morgan fingerprint density at radius 2 is 0.912 bits per heavy atom. The monoisotopic (exact) mass is 824 g/mol. The molecule has 0 heterocycles. The Bertz CT molecular complexity index is 1080. The summed E-state index contributed by atoms with van der Waals surface area (Å²) in [4.78, 5) is 34.9. The van der Waals surface area contributed by atoms with Gasteiger partial charge < -0.3 is 20.1 Å². The van der Waals surface area contributed by atoms with Gasteiger partial charge in [0.2, 0.25) is 0 Å². The van der Waals surface area contributed by atoms with E-state index < -0.39 is 32.5 Å². The summed E-state index contributed by atoms with van der Waals surface area (Å²) in [6.07, 6.45) is 50.0. The van der Waals surface area contributed by atoms with E-state index in [1.54, 1.807) is 0 Å². The highest BCUT2D eigenvalue weighted by atomic mass is 31.2. The fraction of sp³-hybridized carbons (Fsp3) is 0.787. The van der Waals surface area contributed by atoms with Crippen molar-refractivity contribution in [2.24, 2.45) is 5.73 Å². The summed E-state index contributed by atoms with van der Waals surface area (Å²) in [5.41, 5.74) is 5.35. The van der Waals surface area contributed by atoms with Gasteiger partial charge in [-0.15, -0.1) is 0 Å². The fourth-order valence-electron chi connectivity index (χ4n) is 6.22. The third-order valence-electron chi connectivity index (χ3n) is 9.69. The average Bonchev–Trinajstić information content (AvgIpc) is 3.20. The molecule has 0 aliphatic heterocycles. The number of nitrogens with two attached hydrogens (primary N) is 1. The summed E-state index contributed by atoms with van der Waals surface area (Å²) in [5.74, 6) is -0.872. The summed E-state index contributed by atoms with van der Waals surface area (Å²) >= 11 is 0. The van der Waals surface area contributed by atoms with Crippen molar-refractivity contribution in [2.75, 3.05) is 26.4 Å². The number of hydrogen-bond acceptors (Lipinski definition) is 8. The molecular formula is C47H86NO8P. The number of ether oxygens (including phenoxy) is 2. The molecule has 0 radical (unpaired) electrons. The molecule has 0 aliphatic rings. The van der Waals surface area contributed by atoms with Crippen molar-refractivity contribution in [3.05, 3.63) is 48.6 Å². The van der Waals surface area contributed by atoms with Gasteiger partial charge in [0.15, 0.2) is 6.10 Å². The summed E-state index contributed by atoms with van der Waals surface area (Å²) in [7, 11) is -4.39. The molecule has 0 rings (SSSR count). The Hall–Kier alpha value is -2.03. The van der Waals surface area contributed by atoms with Crippen LogP contribution in [0.5, 0.6) is 0 Å². The molecule has 0 fully saturated rings. The lowest BCUT2D eigenvalue weighted by Crippen LogP contribution is -2.29. The Morgan fingerprint density at radius 3 is 1.44 bits per heavy atom. The molecule has 0 saturated carbocycles. The number of hydrogen-bond donors (Lipinski definition) is 2. The van der Waals surface area contributed by atoms with Gasteiger partial charge in [0.25, 0.3) is 0 Å². The number of phosphoric ester groups is 1. The number of carbonyl (C=O) groups excluding carboxylic acids is 2. The van der Waals surface area contributed by atoms with Gasteiger partial charge >= 0.3 is 19.8 Å². The highest BCUT2D eigenvalue weighted by molar-refractivity contribution is 7.47. The third-order valence-corrected chi connectivity index (χ3v) is 10.7. The molecule has 9 nitrogen and oxygen atoms in total. The fourth-order valence-corrected chi connectivity index (χ4v) is 6.99. The molecular weight excluding hydrogens is 737 g/mol. The van der Waals surface area contributed by atoms with Crippen LogP contribution in [0.15, 0.2) is 48.6 Å². The zero-order valence-electron chi connectivity index (χ0n) is 36.6. The first-order valence-electron chi connectivity index (χ1n) is 23.1.